The molecule has 0 amide bonds. The maximum atomic E-state index is 2.70. The Morgan fingerprint density at radius 2 is 0.576 bits per heavy atom. The largest absolute Gasteiger partial charge is 0.310 e. The molecule has 0 spiro atoms. The van der Waals surface area contributed by atoms with Gasteiger partial charge in [-0.05, 0) is 137 Å². The molecule has 2 aliphatic rings. The minimum atomic E-state index is -0.254. The van der Waals surface area contributed by atoms with Crippen LogP contribution in [0.2, 0.25) is 0 Å². The van der Waals surface area contributed by atoms with Crippen LogP contribution < -0.4 is 26.2 Å². The number of benzene rings is 17. The molecular weight excluding hydrogens is 1200 g/mol. The summed E-state index contributed by atoms with van der Waals surface area (Å²) in [6.07, 6.45) is 0. The first kappa shape index (κ1) is 55.3. The van der Waals surface area contributed by atoms with E-state index in [2.05, 4.69) is 377 Å². The van der Waals surface area contributed by atoms with Gasteiger partial charge in [0.25, 0.3) is 6.71 Å². The van der Waals surface area contributed by atoms with Gasteiger partial charge in [0.05, 0.1) is 39.1 Å². The van der Waals surface area contributed by atoms with Crippen molar-refractivity contribution in [1.29, 1.82) is 0 Å². The van der Waals surface area contributed by atoms with Gasteiger partial charge in [0.15, 0.2) is 0 Å². The highest BCUT2D eigenvalue weighted by Gasteiger charge is 2.46. The van der Waals surface area contributed by atoms with Crippen LogP contribution in [0.1, 0.15) is 0 Å². The standard InChI is InChI=1S/C94H59BN4/c1-5-24-60(25-6-1)71-38-22-39-72(61-26-7-2-8-27-61)93(71)98-86-56-67(70-52-48-66-47-46-64-32-21-33-65-49-53-79(70)91(66)90(64)65)50-54-80(86)95-81-55-51-68(96-82-42-17-13-34-75(82)76-35-14-18-43-83(76)96)57-87(81)99(94-73(62-28-9-3-10-29-62)40-23-41-74(94)63-30-11-4-12-31-63)89-59-69(58-88(98)92(89)95)97-84-44-19-15-36-77(84)78-37-16-20-45-85(78)97/h1-59H. The number of hydrogen-bond donors (Lipinski definition) is 0. The van der Waals surface area contributed by atoms with E-state index < -0.39 is 0 Å². The van der Waals surface area contributed by atoms with Gasteiger partial charge in [0.1, 0.15) is 0 Å². The summed E-state index contributed by atoms with van der Waals surface area (Å²) in [7, 11) is 0. The maximum absolute atomic E-state index is 2.70. The van der Waals surface area contributed by atoms with Crippen molar-refractivity contribution < 1.29 is 0 Å². The van der Waals surface area contributed by atoms with E-state index in [1.807, 2.05) is 0 Å². The summed E-state index contributed by atoms with van der Waals surface area (Å²) in [5.41, 5.74) is 28.5. The number of nitrogens with zero attached hydrogens (tertiary/aromatic N) is 4. The summed E-state index contributed by atoms with van der Waals surface area (Å²) in [4.78, 5) is 5.39. The third kappa shape index (κ3) is 8.29. The number of para-hydroxylation sites is 6. The summed E-state index contributed by atoms with van der Waals surface area (Å²) in [6.45, 7) is -0.254. The Bertz CT molecular complexity index is 6250. The van der Waals surface area contributed by atoms with Crippen molar-refractivity contribution in [3.05, 3.63) is 358 Å². The van der Waals surface area contributed by atoms with Crippen molar-refractivity contribution in [3.8, 4) is 67.0 Å². The van der Waals surface area contributed by atoms with E-state index in [9.17, 15) is 0 Å². The fourth-order valence-electron chi connectivity index (χ4n) is 17.2. The van der Waals surface area contributed by atoms with Crippen molar-refractivity contribution in [3.63, 3.8) is 0 Å². The van der Waals surface area contributed by atoms with E-state index in [1.54, 1.807) is 0 Å². The second-order valence-corrected chi connectivity index (χ2v) is 26.6. The van der Waals surface area contributed by atoms with E-state index in [0.717, 1.165) is 118 Å². The Morgan fingerprint density at radius 3 is 1.04 bits per heavy atom. The molecule has 5 heteroatoms. The molecule has 458 valence electrons. The van der Waals surface area contributed by atoms with Gasteiger partial charge in [0.2, 0.25) is 0 Å². The molecule has 0 radical (unpaired) electrons. The molecule has 0 saturated heterocycles. The normalized spacial score (nSPS) is 12.6. The highest BCUT2D eigenvalue weighted by atomic mass is 15.2. The highest BCUT2D eigenvalue weighted by molar-refractivity contribution is 7.00. The number of fused-ring (bicyclic) bond motifs is 10. The van der Waals surface area contributed by atoms with Gasteiger partial charge in [-0.1, -0.05) is 303 Å². The zero-order valence-corrected chi connectivity index (χ0v) is 53.9. The molecule has 0 unspecified atom stereocenters. The Morgan fingerprint density at radius 1 is 0.212 bits per heavy atom. The molecule has 19 aromatic rings. The third-order valence-corrected chi connectivity index (χ3v) is 21.4. The van der Waals surface area contributed by atoms with Gasteiger partial charge in [0, 0.05) is 72.2 Å². The lowest BCUT2D eigenvalue weighted by atomic mass is 9.33. The Labute approximate surface area is 573 Å². The number of hydrogen-bond acceptors (Lipinski definition) is 2. The lowest BCUT2D eigenvalue weighted by Gasteiger charge is -2.46. The fourth-order valence-corrected chi connectivity index (χ4v) is 17.2. The van der Waals surface area contributed by atoms with E-state index in [0.29, 0.717) is 0 Å². The van der Waals surface area contributed by atoms with Gasteiger partial charge < -0.3 is 18.9 Å². The second kappa shape index (κ2) is 21.8. The van der Waals surface area contributed by atoms with Gasteiger partial charge in [-0.3, -0.25) is 0 Å². The molecule has 0 bridgehead atoms. The molecule has 0 N–H and O–H groups in total. The Balaban J connectivity index is 0.953. The molecule has 0 fully saturated rings. The molecule has 0 aliphatic carbocycles. The second-order valence-electron chi connectivity index (χ2n) is 26.6. The summed E-state index contributed by atoms with van der Waals surface area (Å²) in [6, 6.07) is 135. The van der Waals surface area contributed by atoms with Gasteiger partial charge in [-0.25, -0.2) is 0 Å². The number of anilines is 6. The van der Waals surface area contributed by atoms with E-state index in [4.69, 9.17) is 0 Å². The average Bonchev–Trinajstić information content (AvgIpc) is 1.03. The molecule has 21 rings (SSSR count). The molecule has 0 saturated carbocycles. The lowest BCUT2D eigenvalue weighted by Crippen LogP contribution is -2.61. The van der Waals surface area contributed by atoms with E-state index >= 15 is 0 Å². The van der Waals surface area contributed by atoms with Crippen LogP contribution in [-0.4, -0.2) is 15.8 Å². The minimum absolute atomic E-state index is 0.254. The van der Waals surface area contributed by atoms with Gasteiger partial charge in [-0.2, -0.15) is 0 Å². The van der Waals surface area contributed by atoms with Crippen LogP contribution in [-0.2, 0) is 0 Å². The molecule has 17 aromatic carbocycles. The summed E-state index contributed by atoms with van der Waals surface area (Å²) < 4.78 is 5.03. The third-order valence-electron chi connectivity index (χ3n) is 21.4. The topological polar surface area (TPSA) is 16.3 Å². The van der Waals surface area contributed by atoms with Gasteiger partial charge >= 0.3 is 0 Å². The quantitative estimate of drug-likeness (QED) is 0.106. The lowest BCUT2D eigenvalue weighted by molar-refractivity contribution is 1.15. The van der Waals surface area contributed by atoms with E-state index in [-0.39, 0.29) is 6.71 Å². The van der Waals surface area contributed by atoms with Crippen LogP contribution in [0.5, 0.6) is 0 Å². The SMILES string of the molecule is c1ccc(-c2cccc(-c3ccccc3)c2N2c3cc(-c4ccc5ccc6cccc7ccc4c5c67)ccc3B3c4ccc(-n5c6ccccc6c6ccccc65)cc4N(c4c(-c5ccccc5)cccc4-c4ccccc4)c4cc(-n5c6ccccc6c6ccccc65)cc2c43)cc1. The predicted octanol–water partition coefficient (Wildman–Crippen LogP) is 23.2. The Kier molecular flexibility index (Phi) is 12.2. The summed E-state index contributed by atoms with van der Waals surface area (Å²) >= 11 is 0. The molecule has 4 nitrogen and oxygen atoms in total. The van der Waals surface area contributed by atoms with Crippen molar-refractivity contribution >= 4 is 133 Å². The maximum Gasteiger partial charge on any atom is 0.252 e. The molecular formula is C94H59BN4. The zero-order valence-electron chi connectivity index (χ0n) is 53.9. The molecule has 4 heterocycles. The smallest absolute Gasteiger partial charge is 0.252 e. The Hall–Kier alpha value is -13.0. The van der Waals surface area contributed by atoms with Crippen LogP contribution >= 0.6 is 0 Å². The molecule has 2 aliphatic heterocycles. The average molecular weight is 1260 g/mol. The predicted molar refractivity (Wildman–Crippen MR) is 420 cm³/mol. The molecule has 99 heavy (non-hydrogen) atoms. The summed E-state index contributed by atoms with van der Waals surface area (Å²) in [5, 5.41) is 12.5. The van der Waals surface area contributed by atoms with Crippen LogP contribution in [0, 0.1) is 0 Å². The van der Waals surface area contributed by atoms with Crippen molar-refractivity contribution in [2.75, 3.05) is 9.80 Å². The molecule has 0 atom stereocenters. The van der Waals surface area contributed by atoms with Gasteiger partial charge in [-0.15, -0.1) is 0 Å². The minimum Gasteiger partial charge on any atom is -0.310 e. The van der Waals surface area contributed by atoms with Crippen molar-refractivity contribution in [2.45, 2.75) is 0 Å². The van der Waals surface area contributed by atoms with Crippen LogP contribution in [0.3, 0.4) is 0 Å². The number of rotatable bonds is 9. The first-order valence-corrected chi connectivity index (χ1v) is 34.3. The van der Waals surface area contributed by atoms with Crippen LogP contribution in [0.4, 0.5) is 34.1 Å². The van der Waals surface area contributed by atoms with Crippen molar-refractivity contribution in [2.24, 2.45) is 0 Å². The molecule has 2 aromatic heterocycles. The number of aromatic nitrogens is 2. The van der Waals surface area contributed by atoms with Crippen molar-refractivity contribution in [1.82, 2.24) is 9.13 Å². The van der Waals surface area contributed by atoms with Crippen LogP contribution in [0.15, 0.2) is 358 Å². The highest BCUT2D eigenvalue weighted by Crippen LogP contribution is 2.55. The summed E-state index contributed by atoms with van der Waals surface area (Å²) in [5.74, 6) is 0. The first-order chi connectivity index (χ1) is 49.2. The first-order valence-electron chi connectivity index (χ1n) is 34.3. The fraction of sp³-hybridized carbons (Fsp3) is 0. The van der Waals surface area contributed by atoms with Crippen LogP contribution in [0.25, 0.3) is 143 Å². The monoisotopic (exact) mass is 1250 g/mol. The van der Waals surface area contributed by atoms with E-state index in [1.165, 1.54) is 75.8 Å². The zero-order chi connectivity index (χ0) is 64.8.